The van der Waals surface area contributed by atoms with Crippen LogP contribution in [0.2, 0.25) is 0 Å². The Bertz CT molecular complexity index is 715. The van der Waals surface area contributed by atoms with E-state index in [4.69, 9.17) is 24.4 Å². The van der Waals surface area contributed by atoms with Gasteiger partial charge in [0.2, 0.25) is 0 Å². The number of hydrogen-bond acceptors (Lipinski definition) is 2. The lowest BCUT2D eigenvalue weighted by molar-refractivity contribution is 0.626. The van der Waals surface area contributed by atoms with Crippen LogP contribution in [-0.4, -0.2) is 10.2 Å². The van der Waals surface area contributed by atoms with Gasteiger partial charge in [-0.05, 0) is 65.7 Å². The van der Waals surface area contributed by atoms with Crippen molar-refractivity contribution in [3.8, 4) is 0 Å². The summed E-state index contributed by atoms with van der Waals surface area (Å²) in [7, 11) is 0. The molecule has 2 rings (SSSR count). The van der Waals surface area contributed by atoms with Gasteiger partial charge in [0.15, 0.2) is 10.2 Å². The van der Waals surface area contributed by atoms with E-state index in [0.717, 1.165) is 11.3 Å². The Morgan fingerprint density at radius 1 is 0.920 bits per heavy atom. The lowest BCUT2D eigenvalue weighted by atomic mass is 10.0. The predicted octanol–water partition coefficient (Wildman–Crippen LogP) is 3.81. The topological polar surface area (TPSA) is 48.1 Å². The number of rotatable bonds is 4. The summed E-state index contributed by atoms with van der Waals surface area (Å²) < 4.78 is 12.8. The molecule has 2 aromatic carbocycles. The lowest BCUT2D eigenvalue weighted by Crippen LogP contribution is -2.47. The third-order valence-electron chi connectivity index (χ3n) is 3.49. The number of anilines is 1. The van der Waals surface area contributed by atoms with Gasteiger partial charge in [-0.2, -0.15) is 0 Å². The van der Waals surface area contributed by atoms with E-state index in [0.29, 0.717) is 22.7 Å². The van der Waals surface area contributed by atoms with Gasteiger partial charge in [-0.3, -0.25) is 10.9 Å². The summed E-state index contributed by atoms with van der Waals surface area (Å²) in [6.45, 7) is 4.79. The molecule has 0 aliphatic rings. The van der Waals surface area contributed by atoms with Crippen LogP contribution < -0.4 is 21.5 Å². The molecule has 0 aliphatic heterocycles. The number of halogens is 1. The third kappa shape index (κ3) is 6.64. The fourth-order valence-electron chi connectivity index (χ4n) is 2.06. The van der Waals surface area contributed by atoms with Crippen LogP contribution in [0.5, 0.6) is 0 Å². The molecule has 0 saturated carbocycles. The molecule has 0 heterocycles. The highest BCUT2D eigenvalue weighted by atomic mass is 32.1. The van der Waals surface area contributed by atoms with E-state index in [1.54, 1.807) is 12.1 Å². The van der Waals surface area contributed by atoms with Crippen molar-refractivity contribution in [2.24, 2.45) is 0 Å². The summed E-state index contributed by atoms with van der Waals surface area (Å²) in [6, 6.07) is 14.3. The van der Waals surface area contributed by atoms with Crippen molar-refractivity contribution >= 4 is 40.3 Å². The van der Waals surface area contributed by atoms with Gasteiger partial charge >= 0.3 is 0 Å². The molecule has 25 heavy (non-hydrogen) atoms. The number of benzene rings is 2. The molecule has 0 aromatic heterocycles. The molecule has 132 valence electrons. The maximum Gasteiger partial charge on any atom is 0.189 e. The molecule has 0 saturated heterocycles. The van der Waals surface area contributed by atoms with E-state index in [9.17, 15) is 4.39 Å². The SMILES string of the molecule is CC(C)c1ccc(NC(=S)NNC(=S)NCc2ccc(F)cc2)cc1. The maximum atomic E-state index is 12.8. The molecule has 2 aromatic rings. The molecule has 0 atom stereocenters. The molecule has 0 radical (unpaired) electrons. The van der Waals surface area contributed by atoms with Crippen LogP contribution in [0.3, 0.4) is 0 Å². The molecule has 0 bridgehead atoms. The minimum atomic E-state index is -0.260. The van der Waals surface area contributed by atoms with Crippen molar-refractivity contribution < 1.29 is 4.39 Å². The second kappa shape index (κ2) is 9.29. The summed E-state index contributed by atoms with van der Waals surface area (Å²) in [6.07, 6.45) is 0. The van der Waals surface area contributed by atoms with Gasteiger partial charge in [0.05, 0.1) is 0 Å². The zero-order chi connectivity index (χ0) is 18.2. The first kappa shape index (κ1) is 19.1. The minimum absolute atomic E-state index is 0.260. The van der Waals surface area contributed by atoms with E-state index in [1.165, 1.54) is 17.7 Å². The highest BCUT2D eigenvalue weighted by molar-refractivity contribution is 7.80. The molecule has 0 unspecified atom stereocenters. The van der Waals surface area contributed by atoms with E-state index in [1.807, 2.05) is 12.1 Å². The van der Waals surface area contributed by atoms with Crippen LogP contribution >= 0.6 is 24.4 Å². The Morgan fingerprint density at radius 3 is 2.12 bits per heavy atom. The average molecular weight is 377 g/mol. The molecular formula is C18H21FN4S2. The lowest BCUT2D eigenvalue weighted by Gasteiger charge is -2.15. The van der Waals surface area contributed by atoms with E-state index >= 15 is 0 Å². The summed E-state index contributed by atoms with van der Waals surface area (Å²) in [4.78, 5) is 0. The summed E-state index contributed by atoms with van der Waals surface area (Å²) >= 11 is 10.4. The van der Waals surface area contributed by atoms with Gasteiger partial charge in [0.25, 0.3) is 0 Å². The minimum Gasteiger partial charge on any atom is -0.357 e. The zero-order valence-corrected chi connectivity index (χ0v) is 15.7. The molecule has 0 fully saturated rings. The molecule has 0 aliphatic carbocycles. The quantitative estimate of drug-likeness (QED) is 0.481. The van der Waals surface area contributed by atoms with Gasteiger partial charge in [0, 0.05) is 12.2 Å². The van der Waals surface area contributed by atoms with Gasteiger partial charge in [-0.1, -0.05) is 38.1 Å². The van der Waals surface area contributed by atoms with E-state index in [2.05, 4.69) is 47.5 Å². The van der Waals surface area contributed by atoms with E-state index in [-0.39, 0.29) is 5.82 Å². The van der Waals surface area contributed by atoms with Crippen LogP contribution in [0, 0.1) is 5.82 Å². The van der Waals surface area contributed by atoms with Crippen molar-refractivity contribution in [1.29, 1.82) is 0 Å². The Balaban J connectivity index is 1.71. The Kier molecular flexibility index (Phi) is 7.09. The second-order valence-corrected chi connectivity index (χ2v) is 6.61. The fourth-order valence-corrected chi connectivity index (χ4v) is 2.35. The van der Waals surface area contributed by atoms with Crippen LogP contribution in [0.15, 0.2) is 48.5 Å². The highest BCUT2D eigenvalue weighted by Gasteiger charge is 2.02. The van der Waals surface area contributed by atoms with Gasteiger partial charge in [-0.25, -0.2) is 4.39 Å². The molecule has 4 N–H and O–H groups in total. The van der Waals surface area contributed by atoms with Crippen molar-refractivity contribution in [1.82, 2.24) is 16.2 Å². The summed E-state index contributed by atoms with van der Waals surface area (Å²) in [5.41, 5.74) is 8.72. The van der Waals surface area contributed by atoms with Crippen LogP contribution in [0.25, 0.3) is 0 Å². The Labute approximate surface area is 158 Å². The summed E-state index contributed by atoms with van der Waals surface area (Å²) in [5.74, 6) is 0.231. The second-order valence-electron chi connectivity index (χ2n) is 5.79. The molecule has 4 nitrogen and oxygen atoms in total. The van der Waals surface area contributed by atoms with Crippen molar-refractivity contribution in [3.63, 3.8) is 0 Å². The van der Waals surface area contributed by atoms with Crippen molar-refractivity contribution in [2.75, 3.05) is 5.32 Å². The number of thiocarbonyl (C=S) groups is 2. The summed E-state index contributed by atoms with van der Waals surface area (Å²) in [5, 5.41) is 6.88. The first-order valence-electron chi connectivity index (χ1n) is 7.89. The molecular weight excluding hydrogens is 355 g/mol. The zero-order valence-electron chi connectivity index (χ0n) is 14.1. The highest BCUT2D eigenvalue weighted by Crippen LogP contribution is 2.16. The van der Waals surface area contributed by atoms with Crippen LogP contribution in [-0.2, 0) is 6.54 Å². The van der Waals surface area contributed by atoms with Crippen molar-refractivity contribution in [2.45, 2.75) is 26.3 Å². The van der Waals surface area contributed by atoms with E-state index < -0.39 is 0 Å². The smallest absolute Gasteiger partial charge is 0.189 e. The molecule has 7 heteroatoms. The molecule has 0 spiro atoms. The fraction of sp³-hybridized carbons (Fsp3) is 0.222. The maximum absolute atomic E-state index is 12.8. The standard InChI is InChI=1S/C18H21FN4S2/c1-12(2)14-5-9-16(10-6-14)21-18(25)23-22-17(24)20-11-13-3-7-15(19)8-4-13/h3-10,12H,11H2,1-2H3,(H2,20,22,24)(H2,21,23,25). The number of hydrazine groups is 1. The number of hydrogen-bond donors (Lipinski definition) is 4. The molecule has 0 amide bonds. The Morgan fingerprint density at radius 2 is 1.52 bits per heavy atom. The Hall–Kier alpha value is -2.25. The normalized spacial score (nSPS) is 10.2. The van der Waals surface area contributed by atoms with Crippen LogP contribution in [0.4, 0.5) is 10.1 Å². The van der Waals surface area contributed by atoms with Gasteiger partial charge in [0.1, 0.15) is 5.82 Å². The van der Waals surface area contributed by atoms with Gasteiger partial charge in [-0.15, -0.1) is 0 Å². The largest absolute Gasteiger partial charge is 0.357 e. The van der Waals surface area contributed by atoms with Crippen molar-refractivity contribution in [3.05, 3.63) is 65.5 Å². The average Bonchev–Trinajstić information content (AvgIpc) is 2.60. The third-order valence-corrected chi connectivity index (χ3v) is 3.94. The monoisotopic (exact) mass is 376 g/mol. The number of nitrogens with one attached hydrogen (secondary N) is 4. The predicted molar refractivity (Wildman–Crippen MR) is 109 cm³/mol. The first-order valence-corrected chi connectivity index (χ1v) is 8.71. The first-order chi connectivity index (χ1) is 11.9. The van der Waals surface area contributed by atoms with Crippen LogP contribution in [0.1, 0.15) is 30.9 Å². The van der Waals surface area contributed by atoms with Gasteiger partial charge < -0.3 is 10.6 Å².